The summed E-state index contributed by atoms with van der Waals surface area (Å²) in [6.07, 6.45) is -4.09. The SMILES string of the molecule is COC(=O)N[C@H](C(=O)Nc1cccc(F)c1CCC1CNC2CCCS(=O)(=O)N1C2)[C@@H](c1ccc(F)cc1)c1ccc(C(F)(F)F)cc1. The molecule has 2 bridgehead atoms. The van der Waals surface area contributed by atoms with Crippen molar-refractivity contribution in [3.05, 3.63) is 101 Å². The van der Waals surface area contributed by atoms with Gasteiger partial charge < -0.3 is 20.7 Å². The number of hydrogen-bond donors (Lipinski definition) is 3. The Bertz CT molecular complexity index is 1720. The number of amides is 2. The van der Waals surface area contributed by atoms with E-state index in [9.17, 15) is 35.6 Å². The number of benzene rings is 3. The van der Waals surface area contributed by atoms with Crippen molar-refractivity contribution in [3.63, 3.8) is 0 Å². The molecule has 0 aliphatic carbocycles. The van der Waals surface area contributed by atoms with E-state index in [0.29, 0.717) is 19.5 Å². The molecule has 5 rings (SSSR count). The van der Waals surface area contributed by atoms with Crippen LogP contribution in [0.5, 0.6) is 0 Å². The molecule has 0 spiro atoms. The van der Waals surface area contributed by atoms with Gasteiger partial charge in [0.25, 0.3) is 0 Å². The number of alkyl halides is 3. The van der Waals surface area contributed by atoms with Crippen LogP contribution in [0.1, 0.15) is 47.4 Å². The molecule has 2 aliphatic rings. The quantitative estimate of drug-likeness (QED) is 0.266. The highest BCUT2D eigenvalue weighted by molar-refractivity contribution is 7.89. The van der Waals surface area contributed by atoms with Gasteiger partial charge in [0.1, 0.15) is 17.7 Å². The van der Waals surface area contributed by atoms with E-state index in [1.165, 1.54) is 34.6 Å². The number of piperazine rings is 1. The van der Waals surface area contributed by atoms with Crippen LogP contribution in [0.15, 0.2) is 66.7 Å². The largest absolute Gasteiger partial charge is 0.453 e. The molecule has 3 aromatic rings. The second kappa shape index (κ2) is 14.6. The first kappa shape index (κ1) is 35.2. The van der Waals surface area contributed by atoms with E-state index in [1.807, 2.05) is 0 Å². The average Bonchev–Trinajstić information content (AvgIpc) is 3.16. The molecule has 5 atom stereocenters. The number of hydrogen-bond acceptors (Lipinski definition) is 6. The van der Waals surface area contributed by atoms with E-state index in [0.717, 1.165) is 49.9 Å². The molecule has 3 unspecified atom stereocenters. The lowest BCUT2D eigenvalue weighted by atomic mass is 9.84. The maximum Gasteiger partial charge on any atom is 0.416 e. The zero-order valence-corrected chi connectivity index (χ0v) is 26.7. The van der Waals surface area contributed by atoms with Crippen LogP contribution >= 0.6 is 0 Å². The number of rotatable bonds is 9. The summed E-state index contributed by atoms with van der Waals surface area (Å²) in [7, 11) is -2.43. The van der Waals surface area contributed by atoms with E-state index in [4.69, 9.17) is 4.74 Å². The van der Waals surface area contributed by atoms with Gasteiger partial charge in [0, 0.05) is 42.3 Å². The molecular weight excluding hydrogens is 659 g/mol. The highest BCUT2D eigenvalue weighted by Crippen LogP contribution is 2.34. The third kappa shape index (κ3) is 8.13. The van der Waals surface area contributed by atoms with Crippen molar-refractivity contribution in [1.29, 1.82) is 0 Å². The summed E-state index contributed by atoms with van der Waals surface area (Å²) in [6.45, 7) is 0.709. The molecule has 3 aromatic carbocycles. The molecule has 9 nitrogen and oxygen atoms in total. The molecule has 2 amide bonds. The zero-order valence-electron chi connectivity index (χ0n) is 25.9. The molecular formula is C33H35F5N4O5S. The van der Waals surface area contributed by atoms with Crippen LogP contribution in [0, 0.1) is 11.6 Å². The molecule has 0 radical (unpaired) electrons. The van der Waals surface area contributed by atoms with Gasteiger partial charge in [0.05, 0.1) is 18.4 Å². The number of halogens is 5. The van der Waals surface area contributed by atoms with Crippen LogP contribution in [0.3, 0.4) is 0 Å². The predicted octanol–water partition coefficient (Wildman–Crippen LogP) is 5.18. The van der Waals surface area contributed by atoms with Gasteiger partial charge in [0.2, 0.25) is 15.9 Å². The third-order valence-electron chi connectivity index (χ3n) is 8.77. The minimum absolute atomic E-state index is 0.0332. The maximum absolute atomic E-state index is 15.3. The number of anilines is 1. The first-order valence-corrected chi connectivity index (χ1v) is 17.0. The fourth-order valence-corrected chi connectivity index (χ4v) is 8.12. The summed E-state index contributed by atoms with van der Waals surface area (Å²) in [6, 6.07) is 11.0. The Morgan fingerprint density at radius 1 is 1.02 bits per heavy atom. The third-order valence-corrected chi connectivity index (χ3v) is 10.7. The highest BCUT2D eigenvalue weighted by atomic mass is 32.2. The average molecular weight is 695 g/mol. The summed E-state index contributed by atoms with van der Waals surface area (Å²) in [5.74, 6) is -3.22. The second-order valence-electron chi connectivity index (χ2n) is 11.8. The Morgan fingerprint density at radius 3 is 2.33 bits per heavy atom. The van der Waals surface area contributed by atoms with E-state index in [1.54, 1.807) is 0 Å². The lowest BCUT2D eigenvalue weighted by Gasteiger charge is -2.37. The van der Waals surface area contributed by atoms with Crippen LogP contribution in [0.25, 0.3) is 0 Å². The van der Waals surface area contributed by atoms with E-state index in [-0.39, 0.29) is 47.0 Å². The second-order valence-corrected chi connectivity index (χ2v) is 13.9. The van der Waals surface area contributed by atoms with Gasteiger partial charge in [-0.1, -0.05) is 30.3 Å². The Balaban J connectivity index is 1.46. The number of nitrogens with zero attached hydrogens (tertiary/aromatic N) is 1. The molecule has 3 N–H and O–H groups in total. The van der Waals surface area contributed by atoms with Crippen LogP contribution in [-0.4, -0.2) is 68.8 Å². The number of carbonyl (C=O) groups is 2. The van der Waals surface area contributed by atoms with Crippen LogP contribution in [0.2, 0.25) is 0 Å². The molecule has 0 saturated carbocycles. The minimum Gasteiger partial charge on any atom is -0.453 e. The lowest BCUT2D eigenvalue weighted by Crippen LogP contribution is -2.57. The summed E-state index contributed by atoms with van der Waals surface area (Å²) < 4.78 is 101. The van der Waals surface area contributed by atoms with Crippen molar-refractivity contribution in [2.75, 3.05) is 31.3 Å². The zero-order chi connectivity index (χ0) is 34.6. The van der Waals surface area contributed by atoms with Gasteiger partial charge in [-0.25, -0.2) is 22.0 Å². The van der Waals surface area contributed by atoms with Crippen LogP contribution in [0.4, 0.5) is 32.4 Å². The Kier molecular flexibility index (Phi) is 10.7. The Morgan fingerprint density at radius 2 is 1.69 bits per heavy atom. The number of carbonyl (C=O) groups excluding carboxylic acids is 2. The Labute approximate surface area is 274 Å². The molecule has 258 valence electrons. The summed E-state index contributed by atoms with van der Waals surface area (Å²) in [5, 5.41) is 8.46. The van der Waals surface area contributed by atoms with Crippen molar-refractivity contribution in [2.24, 2.45) is 0 Å². The van der Waals surface area contributed by atoms with Gasteiger partial charge in [0.15, 0.2) is 0 Å². The monoisotopic (exact) mass is 694 g/mol. The summed E-state index contributed by atoms with van der Waals surface area (Å²) in [5.41, 5.74) is -0.305. The number of methoxy groups -OCH3 is 1. The fraction of sp³-hybridized carbons (Fsp3) is 0.394. The molecule has 15 heteroatoms. The van der Waals surface area contributed by atoms with Crippen molar-refractivity contribution in [2.45, 2.75) is 55.9 Å². The highest BCUT2D eigenvalue weighted by Gasteiger charge is 2.39. The maximum atomic E-state index is 15.3. The van der Waals surface area contributed by atoms with Crippen molar-refractivity contribution >= 4 is 27.7 Å². The standard InChI is InChI=1S/C33H35F5N4O5S/c1-47-32(44)41-30(29(21-9-13-23(34)14-10-21)20-7-11-22(12-8-20)33(36,37)38)31(43)40-28-6-2-5-27(35)26(28)16-15-25-18-39-24-4-3-17-48(45,46)42(25)19-24/h2,5-14,24-25,29-30,39H,3-4,15-19H2,1H3,(H,40,43)(H,41,44)/t24?,25?,29-,30+/m1/s1. The minimum atomic E-state index is -4.63. The van der Waals surface area contributed by atoms with E-state index < -0.39 is 63.4 Å². The summed E-state index contributed by atoms with van der Waals surface area (Å²) >= 11 is 0. The number of alkyl carbamates (subject to hydrolysis) is 1. The van der Waals surface area contributed by atoms with Crippen LogP contribution in [-0.2, 0) is 32.2 Å². The van der Waals surface area contributed by atoms with Gasteiger partial charge in [-0.15, -0.1) is 0 Å². The van der Waals surface area contributed by atoms with Crippen LogP contribution < -0.4 is 16.0 Å². The normalized spacial score (nSPS) is 21.8. The topological polar surface area (TPSA) is 117 Å². The molecule has 2 fully saturated rings. The molecule has 2 aliphatic heterocycles. The van der Waals surface area contributed by atoms with Gasteiger partial charge in [-0.3, -0.25) is 4.79 Å². The smallest absolute Gasteiger partial charge is 0.416 e. The van der Waals surface area contributed by atoms with E-state index >= 15 is 4.39 Å². The molecule has 48 heavy (non-hydrogen) atoms. The first-order chi connectivity index (χ1) is 22.8. The summed E-state index contributed by atoms with van der Waals surface area (Å²) in [4.78, 5) is 26.5. The predicted molar refractivity (Wildman–Crippen MR) is 168 cm³/mol. The van der Waals surface area contributed by atoms with Gasteiger partial charge in [-0.2, -0.15) is 17.5 Å². The number of fused-ring (bicyclic) bond motifs is 2. The van der Waals surface area contributed by atoms with Crippen molar-refractivity contribution in [1.82, 2.24) is 14.9 Å². The van der Waals surface area contributed by atoms with Gasteiger partial charge >= 0.3 is 12.3 Å². The van der Waals surface area contributed by atoms with Crippen molar-refractivity contribution < 1.29 is 44.7 Å². The molecule has 2 heterocycles. The molecule has 0 aromatic heterocycles. The number of ether oxygens (including phenoxy) is 1. The first-order valence-electron chi connectivity index (χ1n) is 15.3. The lowest BCUT2D eigenvalue weighted by molar-refractivity contribution is -0.137. The molecule has 2 saturated heterocycles. The van der Waals surface area contributed by atoms with Gasteiger partial charge in [-0.05, 0) is 73.2 Å². The fourth-order valence-electron chi connectivity index (χ4n) is 6.31. The number of nitrogens with one attached hydrogen (secondary N) is 3. The van der Waals surface area contributed by atoms with Crippen molar-refractivity contribution in [3.8, 4) is 0 Å². The number of sulfonamides is 1. The van der Waals surface area contributed by atoms with E-state index in [2.05, 4.69) is 16.0 Å². The Hall–Kier alpha value is -4.08.